The van der Waals surface area contributed by atoms with E-state index in [4.69, 9.17) is 33.8 Å². The predicted molar refractivity (Wildman–Crippen MR) is 50.8 cm³/mol. The highest BCUT2D eigenvalue weighted by molar-refractivity contribution is 6.39. The van der Waals surface area contributed by atoms with E-state index in [1.807, 2.05) is 0 Å². The SMILES string of the molecule is COc1cc(Cl)c(NN)c(Cl)c1. The smallest absolute Gasteiger partial charge is 0.121 e. The minimum atomic E-state index is 0.432. The molecule has 12 heavy (non-hydrogen) atoms. The highest BCUT2D eigenvalue weighted by atomic mass is 35.5. The van der Waals surface area contributed by atoms with Gasteiger partial charge in [0.25, 0.3) is 0 Å². The fraction of sp³-hybridized carbons (Fsp3) is 0.143. The zero-order chi connectivity index (χ0) is 9.14. The number of nitrogens with two attached hydrogens (primary N) is 1. The average Bonchev–Trinajstić information content (AvgIpc) is 2.03. The Balaban J connectivity index is 3.18. The van der Waals surface area contributed by atoms with E-state index in [2.05, 4.69) is 5.43 Å². The van der Waals surface area contributed by atoms with Gasteiger partial charge in [-0.25, -0.2) is 0 Å². The lowest BCUT2D eigenvalue weighted by molar-refractivity contribution is 0.415. The molecular weight excluding hydrogens is 199 g/mol. The Bertz CT molecular complexity index is 268. The van der Waals surface area contributed by atoms with Crippen LogP contribution < -0.4 is 16.0 Å². The van der Waals surface area contributed by atoms with Gasteiger partial charge in [-0.2, -0.15) is 0 Å². The molecule has 0 amide bonds. The molecule has 3 N–H and O–H groups in total. The minimum Gasteiger partial charge on any atom is -0.497 e. The number of hydrazine groups is 1. The lowest BCUT2D eigenvalue weighted by Gasteiger charge is -2.07. The number of hydrogen-bond donors (Lipinski definition) is 2. The van der Waals surface area contributed by atoms with Crippen LogP contribution in [0.1, 0.15) is 0 Å². The van der Waals surface area contributed by atoms with Crippen LogP contribution in [0, 0.1) is 0 Å². The molecule has 0 aromatic heterocycles. The summed E-state index contributed by atoms with van der Waals surface area (Å²) in [4.78, 5) is 0. The second-order valence-corrected chi connectivity index (χ2v) is 2.92. The fourth-order valence-electron chi connectivity index (χ4n) is 0.806. The summed E-state index contributed by atoms with van der Waals surface area (Å²) in [5.74, 6) is 5.78. The number of ether oxygens (including phenoxy) is 1. The predicted octanol–water partition coefficient (Wildman–Crippen LogP) is 2.29. The van der Waals surface area contributed by atoms with Gasteiger partial charge in [0, 0.05) is 12.1 Å². The van der Waals surface area contributed by atoms with Crippen LogP contribution in [0.25, 0.3) is 0 Å². The van der Waals surface area contributed by atoms with Crippen LogP contribution in [0.3, 0.4) is 0 Å². The molecule has 1 aromatic rings. The average molecular weight is 207 g/mol. The first kappa shape index (κ1) is 9.45. The quantitative estimate of drug-likeness (QED) is 0.577. The number of methoxy groups -OCH3 is 1. The number of halogens is 2. The van der Waals surface area contributed by atoms with Gasteiger partial charge in [-0.05, 0) is 0 Å². The lowest BCUT2D eigenvalue weighted by Crippen LogP contribution is -2.07. The number of hydrogen-bond acceptors (Lipinski definition) is 3. The van der Waals surface area contributed by atoms with E-state index in [1.165, 1.54) is 7.11 Å². The van der Waals surface area contributed by atoms with Gasteiger partial charge in [0.2, 0.25) is 0 Å². The van der Waals surface area contributed by atoms with Gasteiger partial charge in [0.05, 0.1) is 22.8 Å². The molecule has 0 heterocycles. The van der Waals surface area contributed by atoms with Crippen molar-refractivity contribution in [3.63, 3.8) is 0 Å². The van der Waals surface area contributed by atoms with Crippen LogP contribution in [-0.4, -0.2) is 7.11 Å². The zero-order valence-electron chi connectivity index (χ0n) is 6.40. The molecule has 0 radical (unpaired) electrons. The summed E-state index contributed by atoms with van der Waals surface area (Å²) < 4.78 is 4.94. The van der Waals surface area contributed by atoms with Gasteiger partial charge in [0.15, 0.2) is 0 Å². The molecule has 3 nitrogen and oxygen atoms in total. The van der Waals surface area contributed by atoms with Gasteiger partial charge in [-0.3, -0.25) is 5.84 Å². The normalized spacial score (nSPS) is 9.67. The molecule has 0 saturated carbocycles. The van der Waals surface area contributed by atoms with Crippen molar-refractivity contribution >= 4 is 28.9 Å². The molecule has 5 heteroatoms. The lowest BCUT2D eigenvalue weighted by atomic mass is 10.3. The van der Waals surface area contributed by atoms with Crippen molar-refractivity contribution in [1.82, 2.24) is 0 Å². The third-order valence-electron chi connectivity index (χ3n) is 1.40. The van der Waals surface area contributed by atoms with E-state index >= 15 is 0 Å². The maximum absolute atomic E-state index is 5.81. The summed E-state index contributed by atoms with van der Waals surface area (Å²) in [7, 11) is 1.54. The van der Waals surface area contributed by atoms with Crippen molar-refractivity contribution in [2.75, 3.05) is 12.5 Å². The Morgan fingerprint density at radius 3 is 2.17 bits per heavy atom. The van der Waals surface area contributed by atoms with Crippen molar-refractivity contribution in [2.45, 2.75) is 0 Å². The van der Waals surface area contributed by atoms with Gasteiger partial charge in [0.1, 0.15) is 5.75 Å². The molecule has 0 atom stereocenters. The molecule has 0 unspecified atom stereocenters. The second kappa shape index (κ2) is 3.85. The monoisotopic (exact) mass is 206 g/mol. The van der Waals surface area contributed by atoms with E-state index in [0.29, 0.717) is 21.5 Å². The molecule has 1 rings (SSSR count). The second-order valence-electron chi connectivity index (χ2n) is 2.11. The van der Waals surface area contributed by atoms with Crippen LogP contribution >= 0.6 is 23.2 Å². The standard InChI is InChI=1S/C7H8Cl2N2O/c1-12-4-2-5(8)7(11-10)6(9)3-4/h2-3,11H,10H2,1H3. The molecule has 0 bridgehead atoms. The fourth-order valence-corrected chi connectivity index (χ4v) is 1.38. The maximum Gasteiger partial charge on any atom is 0.121 e. The van der Waals surface area contributed by atoms with E-state index in [9.17, 15) is 0 Å². The van der Waals surface area contributed by atoms with Crippen LogP contribution in [-0.2, 0) is 0 Å². The summed E-state index contributed by atoms with van der Waals surface area (Å²) in [6.07, 6.45) is 0. The number of nitrogens with one attached hydrogen (secondary N) is 1. The van der Waals surface area contributed by atoms with Crippen molar-refractivity contribution in [2.24, 2.45) is 5.84 Å². The van der Waals surface area contributed by atoms with Crippen LogP contribution in [0.5, 0.6) is 5.75 Å². The molecule has 1 aromatic carbocycles. The molecule has 0 saturated heterocycles. The van der Waals surface area contributed by atoms with E-state index in [0.717, 1.165) is 0 Å². The molecule has 0 aliphatic carbocycles. The Morgan fingerprint density at radius 1 is 1.33 bits per heavy atom. The largest absolute Gasteiger partial charge is 0.497 e. The number of anilines is 1. The Labute approximate surface area is 80.4 Å². The van der Waals surface area contributed by atoms with Crippen molar-refractivity contribution in [3.8, 4) is 5.75 Å². The van der Waals surface area contributed by atoms with Gasteiger partial charge < -0.3 is 10.2 Å². The molecule has 0 aliphatic heterocycles. The van der Waals surface area contributed by atoms with Crippen molar-refractivity contribution in [3.05, 3.63) is 22.2 Å². The van der Waals surface area contributed by atoms with E-state index < -0.39 is 0 Å². The Kier molecular flexibility index (Phi) is 3.03. The van der Waals surface area contributed by atoms with Crippen molar-refractivity contribution < 1.29 is 4.74 Å². The number of nitrogen functional groups attached to an aromatic ring is 1. The van der Waals surface area contributed by atoms with Crippen molar-refractivity contribution in [1.29, 1.82) is 0 Å². The Morgan fingerprint density at radius 2 is 1.83 bits per heavy atom. The first-order chi connectivity index (χ1) is 5.69. The molecule has 66 valence electrons. The minimum absolute atomic E-state index is 0.432. The van der Waals surface area contributed by atoms with Crippen LogP contribution in [0.4, 0.5) is 5.69 Å². The first-order valence-electron chi connectivity index (χ1n) is 3.18. The maximum atomic E-state index is 5.81. The first-order valence-corrected chi connectivity index (χ1v) is 3.94. The number of rotatable bonds is 2. The summed E-state index contributed by atoms with van der Waals surface area (Å²) >= 11 is 11.6. The molecule has 0 spiro atoms. The third kappa shape index (κ3) is 1.75. The molecule has 0 fully saturated rings. The summed E-state index contributed by atoms with van der Waals surface area (Å²) in [5.41, 5.74) is 2.89. The molecule has 0 aliphatic rings. The van der Waals surface area contributed by atoms with Crippen LogP contribution in [0.2, 0.25) is 10.0 Å². The van der Waals surface area contributed by atoms with Gasteiger partial charge >= 0.3 is 0 Å². The van der Waals surface area contributed by atoms with Crippen LogP contribution in [0.15, 0.2) is 12.1 Å². The summed E-state index contributed by atoms with van der Waals surface area (Å²) in [6, 6.07) is 3.26. The number of benzene rings is 1. The third-order valence-corrected chi connectivity index (χ3v) is 1.99. The van der Waals surface area contributed by atoms with Gasteiger partial charge in [-0.15, -0.1) is 0 Å². The molecular formula is C7H8Cl2N2O. The van der Waals surface area contributed by atoms with E-state index in [1.54, 1.807) is 12.1 Å². The van der Waals surface area contributed by atoms with E-state index in [-0.39, 0.29) is 0 Å². The van der Waals surface area contributed by atoms with Gasteiger partial charge in [-0.1, -0.05) is 23.2 Å². The Hall–Kier alpha value is -0.640. The zero-order valence-corrected chi connectivity index (χ0v) is 7.91. The summed E-state index contributed by atoms with van der Waals surface area (Å²) in [5, 5.41) is 0.865. The highest BCUT2D eigenvalue weighted by Gasteiger charge is 2.06. The topological polar surface area (TPSA) is 47.3 Å². The summed E-state index contributed by atoms with van der Waals surface area (Å²) in [6.45, 7) is 0. The highest BCUT2D eigenvalue weighted by Crippen LogP contribution is 2.33.